The molecule has 1 saturated heterocycles. The van der Waals surface area contributed by atoms with Crippen LogP contribution in [0.25, 0.3) is 11.0 Å². The zero-order valence-electron chi connectivity index (χ0n) is 16.5. The van der Waals surface area contributed by atoms with Gasteiger partial charge in [-0.2, -0.15) is 0 Å². The van der Waals surface area contributed by atoms with Gasteiger partial charge in [-0.3, -0.25) is 9.59 Å². The van der Waals surface area contributed by atoms with Crippen molar-refractivity contribution in [2.45, 2.75) is 0 Å². The topological polar surface area (TPSA) is 90.2 Å². The number of benzene rings is 2. The van der Waals surface area contributed by atoms with Gasteiger partial charge in [0.15, 0.2) is 11.5 Å². The molecule has 9 heteroatoms. The number of anilines is 1. The molecule has 1 fully saturated rings. The number of hydrogen-bond donors (Lipinski definition) is 1. The normalized spacial score (nSPS) is 15.7. The van der Waals surface area contributed by atoms with E-state index in [-0.39, 0.29) is 22.3 Å². The first-order valence-corrected chi connectivity index (χ1v) is 10.3. The zero-order chi connectivity index (χ0) is 21.4. The van der Waals surface area contributed by atoms with E-state index in [9.17, 15) is 9.59 Å². The predicted molar refractivity (Wildman–Crippen MR) is 113 cm³/mol. The smallest absolute Gasteiger partial charge is 0.291 e. The maximum absolute atomic E-state index is 13.1. The number of morpholine rings is 1. The third-order valence-corrected chi connectivity index (χ3v) is 5.47. The summed E-state index contributed by atoms with van der Waals surface area (Å²) in [4.78, 5) is 27.9. The van der Waals surface area contributed by atoms with Crippen molar-refractivity contribution in [1.29, 1.82) is 0 Å². The number of fused-ring (bicyclic) bond motifs is 2. The highest BCUT2D eigenvalue weighted by atomic mass is 35.5. The number of hydrogen-bond acceptors (Lipinski definition) is 6. The highest BCUT2D eigenvalue weighted by Crippen LogP contribution is 2.39. The molecule has 0 atom stereocenters. The summed E-state index contributed by atoms with van der Waals surface area (Å²) >= 11 is 6.28. The van der Waals surface area contributed by atoms with Gasteiger partial charge in [0.1, 0.15) is 24.5 Å². The lowest BCUT2D eigenvalue weighted by Gasteiger charge is -2.26. The largest absolute Gasteiger partial charge is 0.486 e. The van der Waals surface area contributed by atoms with Crippen molar-refractivity contribution in [2.24, 2.45) is 0 Å². The molecule has 1 aromatic heterocycles. The van der Waals surface area contributed by atoms with Crippen LogP contribution in [-0.4, -0.2) is 56.2 Å². The van der Waals surface area contributed by atoms with Gasteiger partial charge in [0.05, 0.1) is 18.2 Å². The second-order valence-corrected chi connectivity index (χ2v) is 7.55. The molecule has 0 bridgehead atoms. The number of carbonyl (C=O) groups is 2. The lowest BCUT2D eigenvalue weighted by Crippen LogP contribution is -2.40. The number of para-hydroxylation sites is 1. The Morgan fingerprint density at radius 2 is 1.77 bits per heavy atom. The number of rotatable bonds is 3. The van der Waals surface area contributed by atoms with Gasteiger partial charge in [-0.1, -0.05) is 23.7 Å². The number of halogens is 1. The Morgan fingerprint density at radius 3 is 2.61 bits per heavy atom. The van der Waals surface area contributed by atoms with Gasteiger partial charge < -0.3 is 28.8 Å². The molecule has 2 aliphatic heterocycles. The van der Waals surface area contributed by atoms with E-state index < -0.39 is 5.91 Å². The zero-order valence-corrected chi connectivity index (χ0v) is 17.2. The molecule has 31 heavy (non-hydrogen) atoms. The van der Waals surface area contributed by atoms with Crippen LogP contribution < -0.4 is 14.8 Å². The Labute approximate surface area is 182 Å². The van der Waals surface area contributed by atoms with Crippen molar-refractivity contribution >= 4 is 40.1 Å². The van der Waals surface area contributed by atoms with E-state index in [1.54, 1.807) is 29.2 Å². The van der Waals surface area contributed by atoms with Crippen LogP contribution in [0.5, 0.6) is 11.5 Å². The molecular weight excluding hydrogens is 424 g/mol. The fraction of sp³-hybridized carbons (Fsp3) is 0.273. The number of nitrogens with one attached hydrogen (secondary N) is 1. The molecule has 2 amide bonds. The van der Waals surface area contributed by atoms with Gasteiger partial charge >= 0.3 is 0 Å². The average molecular weight is 443 g/mol. The second-order valence-electron chi connectivity index (χ2n) is 7.14. The molecule has 0 unspecified atom stereocenters. The third kappa shape index (κ3) is 3.68. The van der Waals surface area contributed by atoms with E-state index in [2.05, 4.69) is 5.32 Å². The van der Waals surface area contributed by atoms with E-state index in [1.807, 2.05) is 6.07 Å². The Bertz CT molecular complexity index is 1170. The molecule has 5 rings (SSSR count). The minimum atomic E-state index is -0.443. The molecule has 160 valence electrons. The summed E-state index contributed by atoms with van der Waals surface area (Å²) in [6, 6.07) is 10.2. The van der Waals surface area contributed by atoms with Crippen LogP contribution >= 0.6 is 11.6 Å². The lowest BCUT2D eigenvalue weighted by atomic mass is 10.1. The van der Waals surface area contributed by atoms with Gasteiger partial charge in [-0.15, -0.1) is 0 Å². The molecule has 0 aliphatic carbocycles. The summed E-state index contributed by atoms with van der Waals surface area (Å²) in [6.07, 6.45) is 0. The molecular formula is C22H19ClN2O6. The fourth-order valence-electron chi connectivity index (χ4n) is 3.66. The van der Waals surface area contributed by atoms with Crippen molar-refractivity contribution in [2.75, 3.05) is 44.8 Å². The standard InChI is InChI=1S/C22H19ClN2O6/c23-15-11-13(12-17-19(15)30-10-9-29-17)21(26)24-18-14-3-1-2-4-16(14)31-20(18)22(27)25-5-7-28-8-6-25/h1-4,11-12H,5-10H2,(H,24,26). The molecule has 1 N–H and O–H groups in total. The van der Waals surface area contributed by atoms with Crippen molar-refractivity contribution in [1.82, 2.24) is 4.90 Å². The minimum Gasteiger partial charge on any atom is -0.486 e. The molecule has 0 spiro atoms. The van der Waals surface area contributed by atoms with Crippen LogP contribution in [0.4, 0.5) is 5.69 Å². The number of nitrogens with zero attached hydrogens (tertiary/aromatic N) is 1. The Kier molecular flexibility index (Phi) is 5.17. The Hall–Kier alpha value is -3.23. The lowest BCUT2D eigenvalue weighted by molar-refractivity contribution is 0.0285. The van der Waals surface area contributed by atoms with Crippen LogP contribution in [0.3, 0.4) is 0 Å². The molecule has 2 aromatic carbocycles. The van der Waals surface area contributed by atoms with Crippen LogP contribution in [0.2, 0.25) is 5.02 Å². The Balaban J connectivity index is 1.50. The molecule has 3 aromatic rings. The van der Waals surface area contributed by atoms with Gasteiger partial charge in [-0.25, -0.2) is 0 Å². The maximum Gasteiger partial charge on any atom is 0.291 e. The molecule has 3 heterocycles. The molecule has 0 saturated carbocycles. The maximum atomic E-state index is 13.1. The number of amides is 2. The van der Waals surface area contributed by atoms with Gasteiger partial charge in [0, 0.05) is 24.0 Å². The molecule has 2 aliphatic rings. The highest BCUT2D eigenvalue weighted by molar-refractivity contribution is 6.33. The summed E-state index contributed by atoms with van der Waals surface area (Å²) in [6.45, 7) is 2.61. The predicted octanol–water partition coefficient (Wildman–Crippen LogP) is 3.58. The second kappa shape index (κ2) is 8.13. The first-order valence-electron chi connectivity index (χ1n) is 9.91. The number of carbonyl (C=O) groups excluding carboxylic acids is 2. The van der Waals surface area contributed by atoms with Crippen molar-refractivity contribution in [3.8, 4) is 11.5 Å². The fourth-order valence-corrected chi connectivity index (χ4v) is 3.92. The van der Waals surface area contributed by atoms with Crippen LogP contribution in [0.15, 0.2) is 40.8 Å². The van der Waals surface area contributed by atoms with E-state index in [1.165, 1.54) is 6.07 Å². The van der Waals surface area contributed by atoms with E-state index >= 15 is 0 Å². The summed E-state index contributed by atoms with van der Waals surface area (Å²) in [5, 5.41) is 3.75. The number of ether oxygens (including phenoxy) is 3. The van der Waals surface area contributed by atoms with Crippen LogP contribution in [-0.2, 0) is 4.74 Å². The SMILES string of the molecule is O=C(Nc1c(C(=O)N2CCOCC2)oc2ccccc12)c1cc(Cl)c2c(c1)OCCO2. The van der Waals surface area contributed by atoms with Gasteiger partial charge in [-0.05, 0) is 24.3 Å². The van der Waals surface area contributed by atoms with E-state index in [4.69, 9.17) is 30.2 Å². The molecule has 8 nitrogen and oxygen atoms in total. The first-order chi connectivity index (χ1) is 15.1. The summed E-state index contributed by atoms with van der Waals surface area (Å²) in [5.41, 5.74) is 1.11. The highest BCUT2D eigenvalue weighted by Gasteiger charge is 2.28. The quantitative estimate of drug-likeness (QED) is 0.666. The van der Waals surface area contributed by atoms with Crippen molar-refractivity contribution < 1.29 is 28.2 Å². The van der Waals surface area contributed by atoms with E-state index in [0.29, 0.717) is 67.7 Å². The average Bonchev–Trinajstić information content (AvgIpc) is 3.17. The van der Waals surface area contributed by atoms with Crippen LogP contribution in [0.1, 0.15) is 20.9 Å². The third-order valence-electron chi connectivity index (χ3n) is 5.19. The molecule has 0 radical (unpaired) electrons. The van der Waals surface area contributed by atoms with Crippen molar-refractivity contribution in [3.05, 3.63) is 52.7 Å². The summed E-state index contributed by atoms with van der Waals surface area (Å²) < 4.78 is 22.2. The number of furan rings is 1. The van der Waals surface area contributed by atoms with Gasteiger partial charge in [0.2, 0.25) is 5.76 Å². The first kappa shape index (κ1) is 19.7. The summed E-state index contributed by atoms with van der Waals surface area (Å²) in [5.74, 6) is 0.170. The van der Waals surface area contributed by atoms with Crippen LogP contribution in [0, 0.1) is 0 Å². The van der Waals surface area contributed by atoms with Crippen molar-refractivity contribution in [3.63, 3.8) is 0 Å². The Morgan fingerprint density at radius 1 is 1.00 bits per heavy atom. The monoisotopic (exact) mass is 442 g/mol. The summed E-state index contributed by atoms with van der Waals surface area (Å²) in [7, 11) is 0. The van der Waals surface area contributed by atoms with Gasteiger partial charge in [0.25, 0.3) is 11.8 Å². The minimum absolute atomic E-state index is 0.0834. The van der Waals surface area contributed by atoms with E-state index in [0.717, 1.165) is 0 Å².